The Morgan fingerprint density at radius 3 is 2.26 bits per heavy atom. The molecule has 1 aromatic heterocycles. The molecule has 0 spiro atoms. The van der Waals surface area contributed by atoms with Crippen molar-refractivity contribution < 1.29 is 23.5 Å². The Balaban J connectivity index is 1.51. The van der Waals surface area contributed by atoms with Crippen LogP contribution in [0.1, 0.15) is 34.2 Å². The van der Waals surface area contributed by atoms with Crippen molar-refractivity contribution in [2.45, 2.75) is 39.3 Å². The lowest BCUT2D eigenvalue weighted by molar-refractivity contribution is -0.136. The number of hydrogen-bond donors (Lipinski definition) is 1. The smallest absolute Gasteiger partial charge is 0.408 e. The van der Waals surface area contributed by atoms with Crippen LogP contribution in [-0.2, 0) is 22.6 Å². The molecule has 3 aromatic carbocycles. The minimum absolute atomic E-state index is 0.0887. The topological polar surface area (TPSA) is 94.8 Å². The van der Waals surface area contributed by atoms with Crippen LogP contribution >= 0.6 is 11.8 Å². The van der Waals surface area contributed by atoms with E-state index in [2.05, 4.69) is 5.32 Å². The molecule has 0 radical (unpaired) electrons. The zero-order valence-corrected chi connectivity index (χ0v) is 23.0. The summed E-state index contributed by atoms with van der Waals surface area (Å²) < 4.78 is 16.7. The van der Waals surface area contributed by atoms with Gasteiger partial charge in [-0.2, -0.15) is 11.8 Å². The third-order valence-electron chi connectivity index (χ3n) is 6.49. The average molecular weight is 546 g/mol. The van der Waals surface area contributed by atoms with Crippen molar-refractivity contribution in [2.24, 2.45) is 0 Å². The van der Waals surface area contributed by atoms with Gasteiger partial charge >= 0.3 is 17.7 Å². The Bertz CT molecular complexity index is 1500. The minimum Gasteiger partial charge on any atom is -0.445 e. The molecule has 4 aromatic rings. The lowest BCUT2D eigenvalue weighted by atomic mass is 9.98. The van der Waals surface area contributed by atoms with Gasteiger partial charge < -0.3 is 19.2 Å². The molecule has 202 valence electrons. The molecule has 8 heteroatoms. The molecule has 0 unspecified atom stereocenters. The number of ether oxygens (including phenoxy) is 2. The molecule has 0 saturated heterocycles. The van der Waals surface area contributed by atoms with E-state index >= 15 is 0 Å². The summed E-state index contributed by atoms with van der Waals surface area (Å²) >= 11 is 1.55. The van der Waals surface area contributed by atoms with Crippen LogP contribution in [-0.4, -0.2) is 30.1 Å². The Morgan fingerprint density at radius 2 is 1.59 bits per heavy atom. The van der Waals surface area contributed by atoms with Crippen molar-refractivity contribution in [1.29, 1.82) is 0 Å². The first-order chi connectivity index (χ1) is 18.9. The van der Waals surface area contributed by atoms with Gasteiger partial charge in [0.1, 0.15) is 24.0 Å². The van der Waals surface area contributed by atoms with Crippen LogP contribution in [0.2, 0.25) is 0 Å². The van der Waals surface area contributed by atoms with Crippen molar-refractivity contribution >= 4 is 34.8 Å². The summed E-state index contributed by atoms with van der Waals surface area (Å²) in [4.78, 5) is 38.5. The van der Waals surface area contributed by atoms with Crippen LogP contribution in [0.5, 0.6) is 5.75 Å². The summed E-state index contributed by atoms with van der Waals surface area (Å²) in [6, 6.07) is 21.6. The zero-order valence-electron chi connectivity index (χ0n) is 22.2. The van der Waals surface area contributed by atoms with E-state index in [9.17, 15) is 14.4 Å². The van der Waals surface area contributed by atoms with Crippen molar-refractivity contribution in [3.8, 4) is 5.75 Å². The zero-order chi connectivity index (χ0) is 27.8. The number of carbonyl (C=O) groups is 2. The number of alkyl carbamates (subject to hydrolysis) is 1. The minimum atomic E-state index is -0.905. The van der Waals surface area contributed by atoms with Gasteiger partial charge in [0.25, 0.3) is 0 Å². The summed E-state index contributed by atoms with van der Waals surface area (Å²) in [5.74, 6) is 0.274. The first-order valence-corrected chi connectivity index (χ1v) is 14.0. The lowest BCUT2D eigenvalue weighted by Gasteiger charge is -2.18. The fourth-order valence-electron chi connectivity index (χ4n) is 4.26. The maximum absolute atomic E-state index is 13.1. The molecule has 0 saturated carbocycles. The molecule has 4 rings (SSSR count). The van der Waals surface area contributed by atoms with E-state index in [4.69, 9.17) is 13.9 Å². The summed E-state index contributed by atoms with van der Waals surface area (Å²) in [6.07, 6.45) is 2.04. The fraction of sp³-hybridized carbons (Fsp3) is 0.258. The van der Waals surface area contributed by atoms with Gasteiger partial charge in [-0.05, 0) is 61.1 Å². The molecule has 0 bridgehead atoms. The van der Waals surface area contributed by atoms with E-state index in [0.29, 0.717) is 35.3 Å². The standard InChI is InChI=1S/C31H31NO6S/c1-20-24-14-15-27(21(2)28(24)38-29(33)25(20)18-22-10-6-4-7-11-22)37-30(34)26(16-17-39-3)32-31(35)36-19-23-12-8-5-9-13-23/h4-15,26H,16-19H2,1-3H3,(H,32,35)/t26-/m1/s1. The largest absolute Gasteiger partial charge is 0.445 e. The molecule has 0 aliphatic carbocycles. The Hall–Kier alpha value is -4.04. The summed E-state index contributed by atoms with van der Waals surface area (Å²) in [6.45, 7) is 3.72. The molecule has 1 heterocycles. The molecule has 1 amide bonds. The Labute approximate surface area is 231 Å². The molecular formula is C31H31NO6S. The number of rotatable bonds is 10. The van der Waals surface area contributed by atoms with Crippen molar-refractivity contribution in [1.82, 2.24) is 5.32 Å². The Morgan fingerprint density at radius 1 is 0.923 bits per heavy atom. The highest BCUT2D eigenvalue weighted by molar-refractivity contribution is 7.98. The quantitative estimate of drug-likeness (QED) is 0.149. The van der Waals surface area contributed by atoms with E-state index in [1.165, 1.54) is 0 Å². The second kappa shape index (κ2) is 13.2. The number of carbonyl (C=O) groups excluding carboxylic acids is 2. The van der Waals surface area contributed by atoms with E-state index in [0.717, 1.165) is 22.1 Å². The van der Waals surface area contributed by atoms with Crippen LogP contribution in [0.4, 0.5) is 4.79 Å². The van der Waals surface area contributed by atoms with E-state index in [1.54, 1.807) is 30.8 Å². The molecular weight excluding hydrogens is 514 g/mol. The number of esters is 1. The van der Waals surface area contributed by atoms with Crippen molar-refractivity contribution in [3.63, 3.8) is 0 Å². The SMILES string of the molecule is CSCC[C@@H](NC(=O)OCc1ccccc1)C(=O)Oc1ccc2c(C)c(Cc3ccccc3)c(=O)oc2c1C. The third kappa shape index (κ3) is 7.09. The van der Waals surface area contributed by atoms with E-state index < -0.39 is 23.7 Å². The maximum Gasteiger partial charge on any atom is 0.408 e. The first-order valence-electron chi connectivity index (χ1n) is 12.6. The van der Waals surface area contributed by atoms with Gasteiger partial charge in [-0.25, -0.2) is 14.4 Å². The molecule has 0 aliphatic rings. The molecule has 1 N–H and O–H groups in total. The monoisotopic (exact) mass is 545 g/mol. The highest BCUT2D eigenvalue weighted by atomic mass is 32.2. The van der Waals surface area contributed by atoms with E-state index in [-0.39, 0.29) is 12.4 Å². The molecule has 0 fully saturated rings. The van der Waals surface area contributed by atoms with Gasteiger partial charge in [0.2, 0.25) is 0 Å². The average Bonchev–Trinajstić information content (AvgIpc) is 2.95. The number of fused-ring (bicyclic) bond motifs is 1. The van der Waals surface area contributed by atoms with E-state index in [1.807, 2.05) is 73.8 Å². The normalized spacial score (nSPS) is 11.7. The fourth-order valence-corrected chi connectivity index (χ4v) is 4.73. The number of amides is 1. The number of aryl methyl sites for hydroxylation is 2. The number of nitrogens with one attached hydrogen (secondary N) is 1. The highest BCUT2D eigenvalue weighted by Gasteiger charge is 2.25. The highest BCUT2D eigenvalue weighted by Crippen LogP contribution is 2.30. The van der Waals surface area contributed by atoms with Gasteiger partial charge in [0.15, 0.2) is 0 Å². The first kappa shape index (κ1) is 28.0. The summed E-state index contributed by atoms with van der Waals surface area (Å²) in [5, 5.41) is 3.40. The second-order valence-electron chi connectivity index (χ2n) is 9.18. The second-order valence-corrected chi connectivity index (χ2v) is 10.2. The van der Waals surface area contributed by atoms with Gasteiger partial charge in [0.05, 0.1) is 0 Å². The molecule has 39 heavy (non-hydrogen) atoms. The van der Waals surface area contributed by atoms with Crippen LogP contribution < -0.4 is 15.7 Å². The van der Waals surface area contributed by atoms with Crippen LogP contribution in [0.15, 0.2) is 82.0 Å². The van der Waals surface area contributed by atoms with Crippen LogP contribution in [0.25, 0.3) is 11.0 Å². The third-order valence-corrected chi connectivity index (χ3v) is 7.13. The van der Waals surface area contributed by atoms with Gasteiger partial charge in [-0.1, -0.05) is 60.7 Å². The van der Waals surface area contributed by atoms with Gasteiger partial charge in [-0.15, -0.1) is 0 Å². The van der Waals surface area contributed by atoms with Crippen LogP contribution in [0.3, 0.4) is 0 Å². The van der Waals surface area contributed by atoms with Gasteiger partial charge in [-0.3, -0.25) is 0 Å². The lowest BCUT2D eigenvalue weighted by Crippen LogP contribution is -2.43. The maximum atomic E-state index is 13.1. The van der Waals surface area contributed by atoms with Crippen LogP contribution in [0, 0.1) is 13.8 Å². The molecule has 1 atom stereocenters. The summed E-state index contributed by atoms with van der Waals surface area (Å²) in [5.41, 5.74) is 3.75. The van der Waals surface area contributed by atoms with Crippen molar-refractivity contribution in [3.05, 3.63) is 111 Å². The van der Waals surface area contributed by atoms with Crippen molar-refractivity contribution in [2.75, 3.05) is 12.0 Å². The molecule has 0 aliphatic heterocycles. The Kier molecular flexibility index (Phi) is 9.44. The number of hydrogen-bond acceptors (Lipinski definition) is 7. The number of benzene rings is 3. The number of thioether (sulfide) groups is 1. The van der Waals surface area contributed by atoms with Gasteiger partial charge in [0, 0.05) is 22.9 Å². The predicted octanol–water partition coefficient (Wildman–Crippen LogP) is 5.95. The molecule has 7 nitrogen and oxygen atoms in total. The summed E-state index contributed by atoms with van der Waals surface area (Å²) in [7, 11) is 0. The predicted molar refractivity (Wildman–Crippen MR) is 153 cm³/mol.